The summed E-state index contributed by atoms with van der Waals surface area (Å²) in [4.78, 5) is 0. The van der Waals surface area contributed by atoms with E-state index in [9.17, 15) is 5.11 Å². The first-order valence-corrected chi connectivity index (χ1v) is 8.99. The minimum Gasteiger partial charge on any atom is -0.467 e. The highest BCUT2D eigenvalue weighted by molar-refractivity contribution is 6.36. The Hall–Kier alpha value is -1.26. The van der Waals surface area contributed by atoms with Gasteiger partial charge in [0, 0.05) is 23.6 Å². The second-order valence-corrected chi connectivity index (χ2v) is 7.21. The number of hydrogen-bond acceptors (Lipinski definition) is 3. The smallest absolute Gasteiger partial charge is 0.188 e. The van der Waals surface area contributed by atoms with Crippen LogP contribution in [0.25, 0.3) is 0 Å². The molecule has 5 heteroatoms. The van der Waals surface area contributed by atoms with E-state index in [0.717, 1.165) is 22.4 Å². The van der Waals surface area contributed by atoms with Gasteiger partial charge in [0.25, 0.3) is 0 Å². The lowest BCUT2D eigenvalue weighted by atomic mass is 9.96. The van der Waals surface area contributed by atoms with Crippen LogP contribution in [-0.2, 0) is 11.2 Å². The van der Waals surface area contributed by atoms with Gasteiger partial charge in [0.15, 0.2) is 6.79 Å². The number of aliphatic hydroxyl groups is 1. The molecule has 0 radical (unpaired) electrons. The molecule has 0 aliphatic rings. The molecule has 0 aromatic heterocycles. The number of aliphatic hydroxyl groups excluding tert-OH is 1. The van der Waals surface area contributed by atoms with Crippen molar-refractivity contribution >= 4 is 23.2 Å². The third-order valence-electron chi connectivity index (χ3n) is 4.06. The third-order valence-corrected chi connectivity index (χ3v) is 4.73. The number of methoxy groups -OCH3 is 1. The van der Waals surface area contributed by atoms with Crippen LogP contribution in [0.15, 0.2) is 30.3 Å². The van der Waals surface area contributed by atoms with Crippen molar-refractivity contribution in [3.8, 4) is 5.75 Å². The van der Waals surface area contributed by atoms with E-state index in [4.69, 9.17) is 32.7 Å². The predicted octanol–water partition coefficient (Wildman–Crippen LogP) is 5.74. The summed E-state index contributed by atoms with van der Waals surface area (Å²) in [5, 5.41) is 10.8. The van der Waals surface area contributed by atoms with E-state index < -0.39 is 6.10 Å². The molecular formula is C20H24Cl2O3. The Labute approximate surface area is 159 Å². The van der Waals surface area contributed by atoms with Gasteiger partial charge in [0.2, 0.25) is 0 Å². The van der Waals surface area contributed by atoms with Gasteiger partial charge in [-0.25, -0.2) is 0 Å². The van der Waals surface area contributed by atoms with Crippen LogP contribution < -0.4 is 4.74 Å². The van der Waals surface area contributed by atoms with Crippen LogP contribution in [0.5, 0.6) is 5.75 Å². The molecule has 136 valence electrons. The Bertz CT molecular complexity index is 704. The number of ether oxygens (including phenoxy) is 2. The van der Waals surface area contributed by atoms with Crippen molar-refractivity contribution in [3.63, 3.8) is 0 Å². The number of rotatable bonds is 7. The van der Waals surface area contributed by atoms with E-state index in [2.05, 4.69) is 19.9 Å². The SMILES string of the molecule is COCOc1ccc(Cc2c(Cl)cc(C(C)O)cc2Cl)cc1C(C)C. The summed E-state index contributed by atoms with van der Waals surface area (Å²) in [7, 11) is 1.60. The fraction of sp³-hybridized carbons (Fsp3) is 0.400. The molecule has 1 N–H and O–H groups in total. The van der Waals surface area contributed by atoms with Crippen molar-refractivity contribution in [2.45, 2.75) is 39.2 Å². The van der Waals surface area contributed by atoms with Gasteiger partial charge in [-0.1, -0.05) is 49.2 Å². The standard InChI is InChI=1S/C20H24Cl2O3/c1-12(2)16-7-14(5-6-20(16)25-11-24-4)8-17-18(21)9-15(13(3)23)10-19(17)22/h5-7,9-10,12-13,23H,8,11H2,1-4H3. The lowest BCUT2D eigenvalue weighted by molar-refractivity contribution is 0.0502. The van der Waals surface area contributed by atoms with E-state index in [1.54, 1.807) is 26.2 Å². The molecule has 0 saturated heterocycles. The quantitative estimate of drug-likeness (QED) is 0.620. The largest absolute Gasteiger partial charge is 0.467 e. The predicted molar refractivity (Wildman–Crippen MR) is 103 cm³/mol. The van der Waals surface area contributed by atoms with Gasteiger partial charge in [0.05, 0.1) is 6.10 Å². The van der Waals surface area contributed by atoms with Crippen LogP contribution >= 0.6 is 23.2 Å². The van der Waals surface area contributed by atoms with Gasteiger partial charge in [-0.2, -0.15) is 0 Å². The van der Waals surface area contributed by atoms with Crippen molar-refractivity contribution in [1.82, 2.24) is 0 Å². The second-order valence-electron chi connectivity index (χ2n) is 6.39. The first kappa shape index (κ1) is 20.1. The Morgan fingerprint density at radius 3 is 2.20 bits per heavy atom. The molecule has 0 saturated carbocycles. The summed E-state index contributed by atoms with van der Waals surface area (Å²) < 4.78 is 10.6. The van der Waals surface area contributed by atoms with Crippen LogP contribution in [0.2, 0.25) is 10.0 Å². The molecule has 3 nitrogen and oxygen atoms in total. The Kier molecular flexibility index (Phi) is 7.14. The van der Waals surface area contributed by atoms with Crippen molar-refractivity contribution in [3.05, 3.63) is 62.6 Å². The van der Waals surface area contributed by atoms with Crippen LogP contribution in [-0.4, -0.2) is 19.0 Å². The van der Waals surface area contributed by atoms with Gasteiger partial charge in [0.1, 0.15) is 5.75 Å². The van der Waals surface area contributed by atoms with E-state index in [1.165, 1.54) is 0 Å². The zero-order chi connectivity index (χ0) is 18.6. The zero-order valence-corrected chi connectivity index (χ0v) is 16.5. The maximum Gasteiger partial charge on any atom is 0.188 e. The summed E-state index contributed by atoms with van der Waals surface area (Å²) >= 11 is 12.8. The Balaban J connectivity index is 2.33. The normalized spacial score (nSPS) is 12.5. The van der Waals surface area contributed by atoms with Gasteiger partial charge in [-0.15, -0.1) is 0 Å². The van der Waals surface area contributed by atoms with E-state index >= 15 is 0 Å². The highest BCUT2D eigenvalue weighted by Gasteiger charge is 2.14. The molecule has 0 heterocycles. The van der Waals surface area contributed by atoms with Crippen LogP contribution in [0.1, 0.15) is 55.0 Å². The van der Waals surface area contributed by atoms with Crippen LogP contribution in [0.4, 0.5) is 0 Å². The first-order valence-electron chi connectivity index (χ1n) is 8.24. The minimum atomic E-state index is -0.603. The van der Waals surface area contributed by atoms with Crippen LogP contribution in [0, 0.1) is 0 Å². The monoisotopic (exact) mass is 382 g/mol. The van der Waals surface area contributed by atoms with Gasteiger partial charge in [-0.05, 0) is 53.3 Å². The highest BCUT2D eigenvalue weighted by Crippen LogP contribution is 2.33. The molecule has 0 amide bonds. The zero-order valence-electron chi connectivity index (χ0n) is 15.0. The molecule has 2 rings (SSSR count). The number of hydrogen-bond donors (Lipinski definition) is 1. The fourth-order valence-electron chi connectivity index (χ4n) is 2.65. The minimum absolute atomic E-state index is 0.220. The molecule has 0 fully saturated rings. The first-order chi connectivity index (χ1) is 11.8. The molecule has 1 atom stereocenters. The lowest BCUT2D eigenvalue weighted by Crippen LogP contribution is -2.04. The van der Waals surface area contributed by atoms with E-state index in [-0.39, 0.29) is 6.79 Å². The molecule has 2 aromatic carbocycles. The molecule has 0 bridgehead atoms. The average Bonchev–Trinajstić information content (AvgIpc) is 2.56. The molecule has 2 aromatic rings. The number of halogens is 2. The van der Waals surface area contributed by atoms with E-state index in [0.29, 0.717) is 27.9 Å². The maximum absolute atomic E-state index is 9.71. The van der Waals surface area contributed by atoms with Crippen molar-refractivity contribution < 1.29 is 14.6 Å². The van der Waals surface area contributed by atoms with Crippen LogP contribution in [0.3, 0.4) is 0 Å². The molecule has 0 aliphatic carbocycles. The fourth-order valence-corrected chi connectivity index (χ4v) is 3.29. The maximum atomic E-state index is 9.71. The summed E-state index contributed by atoms with van der Waals surface area (Å²) in [6.07, 6.45) is 0.0102. The van der Waals surface area contributed by atoms with Gasteiger partial charge >= 0.3 is 0 Å². The Morgan fingerprint density at radius 2 is 1.68 bits per heavy atom. The molecule has 0 spiro atoms. The third kappa shape index (κ3) is 5.11. The summed E-state index contributed by atoms with van der Waals surface area (Å²) in [6, 6.07) is 9.62. The second kappa shape index (κ2) is 8.91. The number of benzene rings is 2. The van der Waals surface area contributed by atoms with Crippen molar-refractivity contribution in [1.29, 1.82) is 0 Å². The molecule has 0 aliphatic heterocycles. The summed E-state index contributed by atoms with van der Waals surface area (Å²) in [5.74, 6) is 1.14. The van der Waals surface area contributed by atoms with Crippen molar-refractivity contribution in [2.24, 2.45) is 0 Å². The molecular weight excluding hydrogens is 359 g/mol. The summed E-state index contributed by atoms with van der Waals surface area (Å²) in [6.45, 7) is 6.15. The average molecular weight is 383 g/mol. The Morgan fingerprint density at radius 1 is 1.04 bits per heavy atom. The highest BCUT2D eigenvalue weighted by atomic mass is 35.5. The molecule has 25 heavy (non-hydrogen) atoms. The topological polar surface area (TPSA) is 38.7 Å². The summed E-state index contributed by atoms with van der Waals surface area (Å²) in [5.41, 5.74) is 3.78. The van der Waals surface area contributed by atoms with Gasteiger partial charge < -0.3 is 14.6 Å². The van der Waals surface area contributed by atoms with Crippen molar-refractivity contribution in [2.75, 3.05) is 13.9 Å². The van der Waals surface area contributed by atoms with Gasteiger partial charge in [-0.3, -0.25) is 0 Å². The lowest BCUT2D eigenvalue weighted by Gasteiger charge is -2.16. The molecule has 1 unspecified atom stereocenters. The van der Waals surface area contributed by atoms with E-state index in [1.807, 2.05) is 12.1 Å².